The molecule has 2 N–H and O–H groups in total. The van der Waals surface area contributed by atoms with Gasteiger partial charge in [0.2, 0.25) is 0 Å². The average molecular weight is 237 g/mol. The van der Waals surface area contributed by atoms with Gasteiger partial charge in [0.05, 0.1) is 0 Å². The van der Waals surface area contributed by atoms with E-state index in [0.29, 0.717) is 12.1 Å². The lowest BCUT2D eigenvalue weighted by Crippen LogP contribution is -2.52. The third kappa shape index (κ3) is 2.57. The van der Waals surface area contributed by atoms with Crippen LogP contribution >= 0.6 is 0 Å². The zero-order chi connectivity index (χ0) is 11.7. The fourth-order valence-corrected chi connectivity index (χ4v) is 3.32. The van der Waals surface area contributed by atoms with Crippen LogP contribution in [0.5, 0.6) is 0 Å². The second kappa shape index (κ2) is 4.84. The minimum absolute atomic E-state index is 0.0612. The van der Waals surface area contributed by atoms with E-state index >= 15 is 0 Å². The van der Waals surface area contributed by atoms with E-state index in [2.05, 4.69) is 15.5 Å². The summed E-state index contributed by atoms with van der Waals surface area (Å²) in [5, 5.41) is 6.21. The van der Waals surface area contributed by atoms with Gasteiger partial charge in [-0.2, -0.15) is 0 Å². The fraction of sp³-hybridized carbons (Fsp3) is 0.923. The second-order valence-corrected chi connectivity index (χ2v) is 5.80. The molecule has 3 rings (SSSR count). The van der Waals surface area contributed by atoms with Crippen LogP contribution in [0.3, 0.4) is 0 Å². The SMILES string of the molecule is O=C(NC1CCC1)NC1CCN2CCCC2C1. The lowest BCUT2D eigenvalue weighted by atomic mass is 9.93. The first kappa shape index (κ1) is 11.3. The van der Waals surface area contributed by atoms with Crippen LogP contribution in [0.2, 0.25) is 0 Å². The lowest BCUT2D eigenvalue weighted by molar-refractivity contribution is 0.164. The Balaban J connectivity index is 1.43. The molecule has 0 spiro atoms. The third-order valence-corrected chi connectivity index (χ3v) is 4.60. The van der Waals surface area contributed by atoms with Crippen molar-refractivity contribution in [3.8, 4) is 0 Å². The molecule has 0 bridgehead atoms. The van der Waals surface area contributed by atoms with Gasteiger partial charge in [-0.1, -0.05) is 0 Å². The number of nitrogens with one attached hydrogen (secondary N) is 2. The molecule has 17 heavy (non-hydrogen) atoms. The quantitative estimate of drug-likeness (QED) is 0.764. The third-order valence-electron chi connectivity index (χ3n) is 4.60. The molecule has 3 fully saturated rings. The Morgan fingerprint density at radius 1 is 0.941 bits per heavy atom. The molecule has 2 saturated heterocycles. The van der Waals surface area contributed by atoms with Gasteiger partial charge in [0, 0.05) is 24.7 Å². The van der Waals surface area contributed by atoms with Gasteiger partial charge in [0.15, 0.2) is 0 Å². The molecule has 2 amide bonds. The van der Waals surface area contributed by atoms with E-state index in [1.807, 2.05) is 0 Å². The number of nitrogens with zero attached hydrogens (tertiary/aromatic N) is 1. The number of urea groups is 1. The van der Waals surface area contributed by atoms with Crippen molar-refractivity contribution in [1.29, 1.82) is 0 Å². The van der Waals surface area contributed by atoms with Gasteiger partial charge in [-0.15, -0.1) is 0 Å². The number of fused-ring (bicyclic) bond motifs is 1. The minimum Gasteiger partial charge on any atom is -0.335 e. The predicted molar refractivity (Wildman–Crippen MR) is 66.9 cm³/mol. The monoisotopic (exact) mass is 237 g/mol. The molecule has 4 nitrogen and oxygen atoms in total. The Kier molecular flexibility index (Phi) is 3.23. The smallest absolute Gasteiger partial charge is 0.315 e. The van der Waals surface area contributed by atoms with Crippen LogP contribution in [0.1, 0.15) is 44.9 Å². The number of hydrogen-bond donors (Lipinski definition) is 2. The van der Waals surface area contributed by atoms with Crippen molar-refractivity contribution in [3.63, 3.8) is 0 Å². The maximum atomic E-state index is 11.8. The van der Waals surface area contributed by atoms with Crippen molar-refractivity contribution in [2.45, 2.75) is 63.1 Å². The van der Waals surface area contributed by atoms with Gasteiger partial charge in [-0.25, -0.2) is 4.79 Å². The summed E-state index contributed by atoms with van der Waals surface area (Å²) in [6.07, 6.45) is 8.52. The maximum Gasteiger partial charge on any atom is 0.315 e. The number of carbonyl (C=O) groups is 1. The zero-order valence-corrected chi connectivity index (χ0v) is 10.5. The summed E-state index contributed by atoms with van der Waals surface area (Å²) in [4.78, 5) is 14.4. The van der Waals surface area contributed by atoms with Gasteiger partial charge in [-0.05, 0) is 51.5 Å². The van der Waals surface area contributed by atoms with Gasteiger partial charge >= 0.3 is 6.03 Å². The van der Waals surface area contributed by atoms with Crippen molar-refractivity contribution in [1.82, 2.24) is 15.5 Å². The number of rotatable bonds is 2. The van der Waals surface area contributed by atoms with Crippen LogP contribution in [0.15, 0.2) is 0 Å². The molecule has 4 heteroatoms. The largest absolute Gasteiger partial charge is 0.335 e. The lowest BCUT2D eigenvalue weighted by Gasteiger charge is -2.35. The van der Waals surface area contributed by atoms with E-state index in [0.717, 1.165) is 31.7 Å². The Morgan fingerprint density at radius 2 is 1.76 bits per heavy atom. The van der Waals surface area contributed by atoms with Crippen molar-refractivity contribution >= 4 is 6.03 Å². The first-order valence-corrected chi connectivity index (χ1v) is 7.12. The van der Waals surface area contributed by atoms with Crippen LogP contribution in [0.4, 0.5) is 4.79 Å². The van der Waals surface area contributed by atoms with E-state index < -0.39 is 0 Å². The van der Waals surface area contributed by atoms with E-state index in [-0.39, 0.29) is 6.03 Å². The Bertz CT molecular complexity index is 290. The Morgan fingerprint density at radius 3 is 2.53 bits per heavy atom. The first-order valence-electron chi connectivity index (χ1n) is 7.12. The molecule has 3 aliphatic rings. The highest BCUT2D eigenvalue weighted by Gasteiger charge is 2.32. The van der Waals surface area contributed by atoms with E-state index in [9.17, 15) is 4.79 Å². The van der Waals surface area contributed by atoms with Gasteiger partial charge in [0.1, 0.15) is 0 Å². The first-order chi connectivity index (χ1) is 8.31. The van der Waals surface area contributed by atoms with Gasteiger partial charge in [0.25, 0.3) is 0 Å². The number of amides is 2. The van der Waals surface area contributed by atoms with Crippen molar-refractivity contribution in [3.05, 3.63) is 0 Å². The number of carbonyl (C=O) groups excluding carboxylic acids is 1. The molecular formula is C13H23N3O. The fourth-order valence-electron chi connectivity index (χ4n) is 3.32. The molecule has 0 aromatic carbocycles. The molecule has 1 aliphatic carbocycles. The molecule has 0 radical (unpaired) electrons. The summed E-state index contributed by atoms with van der Waals surface area (Å²) in [6, 6.07) is 1.64. The zero-order valence-electron chi connectivity index (χ0n) is 10.5. The van der Waals surface area contributed by atoms with Gasteiger partial charge in [-0.3, -0.25) is 0 Å². The van der Waals surface area contributed by atoms with E-state index in [4.69, 9.17) is 0 Å². The van der Waals surface area contributed by atoms with Crippen LogP contribution in [0, 0.1) is 0 Å². The summed E-state index contributed by atoms with van der Waals surface area (Å²) >= 11 is 0. The molecule has 2 atom stereocenters. The normalized spacial score (nSPS) is 33.9. The Labute approximate surface area is 103 Å². The highest BCUT2D eigenvalue weighted by atomic mass is 16.2. The van der Waals surface area contributed by atoms with Gasteiger partial charge < -0.3 is 15.5 Å². The number of hydrogen-bond acceptors (Lipinski definition) is 2. The van der Waals surface area contributed by atoms with E-state index in [1.54, 1.807) is 0 Å². The molecule has 0 aromatic rings. The maximum absolute atomic E-state index is 11.8. The second-order valence-electron chi connectivity index (χ2n) is 5.80. The average Bonchev–Trinajstić information content (AvgIpc) is 2.71. The summed E-state index contributed by atoms with van der Waals surface area (Å²) in [6.45, 7) is 2.44. The Hall–Kier alpha value is -0.770. The van der Waals surface area contributed by atoms with Crippen LogP contribution in [-0.4, -0.2) is 42.1 Å². The van der Waals surface area contributed by atoms with Crippen molar-refractivity contribution in [2.24, 2.45) is 0 Å². The minimum atomic E-state index is 0.0612. The predicted octanol–water partition coefficient (Wildman–Crippen LogP) is 1.46. The molecule has 2 unspecified atom stereocenters. The molecule has 96 valence electrons. The molecular weight excluding hydrogens is 214 g/mol. The van der Waals surface area contributed by atoms with Crippen LogP contribution in [-0.2, 0) is 0 Å². The van der Waals surface area contributed by atoms with Crippen molar-refractivity contribution < 1.29 is 4.79 Å². The molecule has 2 heterocycles. The summed E-state index contributed by atoms with van der Waals surface area (Å²) in [5.41, 5.74) is 0. The molecule has 2 aliphatic heterocycles. The molecule has 1 saturated carbocycles. The highest BCUT2D eigenvalue weighted by molar-refractivity contribution is 5.74. The summed E-state index contributed by atoms with van der Waals surface area (Å²) < 4.78 is 0. The van der Waals surface area contributed by atoms with Crippen LogP contribution < -0.4 is 10.6 Å². The molecule has 0 aromatic heterocycles. The highest BCUT2D eigenvalue weighted by Crippen LogP contribution is 2.26. The standard InChI is InChI=1S/C13H23N3O/c17-13(14-10-3-1-4-10)15-11-6-8-16-7-2-5-12(16)9-11/h10-12H,1-9H2,(H2,14,15,17). The topological polar surface area (TPSA) is 44.4 Å². The summed E-state index contributed by atoms with van der Waals surface area (Å²) in [5.74, 6) is 0. The number of piperidine rings is 1. The van der Waals surface area contributed by atoms with Crippen molar-refractivity contribution in [2.75, 3.05) is 13.1 Å². The van der Waals surface area contributed by atoms with Crippen LogP contribution in [0.25, 0.3) is 0 Å². The summed E-state index contributed by atoms with van der Waals surface area (Å²) in [7, 11) is 0. The van der Waals surface area contributed by atoms with E-state index in [1.165, 1.54) is 32.4 Å².